The van der Waals surface area contributed by atoms with Crippen molar-refractivity contribution in [3.63, 3.8) is 0 Å². The van der Waals surface area contributed by atoms with Gasteiger partial charge in [-0.1, -0.05) is 61.4 Å². The van der Waals surface area contributed by atoms with E-state index in [4.69, 9.17) is 9.47 Å². The summed E-state index contributed by atoms with van der Waals surface area (Å²) in [5.41, 5.74) is 9.92. The molecule has 0 saturated carbocycles. The molecule has 1 aliphatic rings. The van der Waals surface area contributed by atoms with E-state index in [0.29, 0.717) is 5.92 Å². The van der Waals surface area contributed by atoms with Crippen LogP contribution in [0.25, 0.3) is 5.57 Å². The van der Waals surface area contributed by atoms with Crippen LogP contribution in [-0.2, 0) is 12.8 Å². The molecule has 3 aromatic rings. The topological polar surface area (TPSA) is 18.5 Å². The standard InChI is InChI=1S/C29H32O2/c1-5-8-26-27(21-11-14-24(30-3)15-12-21)18-23-13-16-25(31-4)19-28(23)29(26)17-22-10-7-6-9-20(22)2/h6-7,9-16,19,27H,5,8,17-18H2,1-4H3. The molecule has 0 radical (unpaired) electrons. The molecule has 1 unspecified atom stereocenters. The van der Waals surface area contributed by atoms with Gasteiger partial charge in [0, 0.05) is 5.92 Å². The second-order valence-corrected chi connectivity index (χ2v) is 8.41. The van der Waals surface area contributed by atoms with Crippen molar-refractivity contribution in [2.45, 2.75) is 45.4 Å². The smallest absolute Gasteiger partial charge is 0.119 e. The lowest BCUT2D eigenvalue weighted by atomic mass is 9.72. The third kappa shape index (κ3) is 4.39. The molecular weight excluding hydrogens is 380 g/mol. The van der Waals surface area contributed by atoms with Gasteiger partial charge in [-0.05, 0) is 83.8 Å². The highest BCUT2D eigenvalue weighted by Gasteiger charge is 2.28. The first kappa shape index (κ1) is 21.2. The van der Waals surface area contributed by atoms with Gasteiger partial charge in [-0.3, -0.25) is 0 Å². The van der Waals surface area contributed by atoms with Crippen LogP contribution in [-0.4, -0.2) is 14.2 Å². The maximum absolute atomic E-state index is 5.60. The summed E-state index contributed by atoms with van der Waals surface area (Å²) in [6.45, 7) is 4.50. The van der Waals surface area contributed by atoms with E-state index in [1.54, 1.807) is 19.8 Å². The molecule has 160 valence electrons. The predicted molar refractivity (Wildman–Crippen MR) is 129 cm³/mol. The van der Waals surface area contributed by atoms with Crippen LogP contribution in [0.2, 0.25) is 0 Å². The van der Waals surface area contributed by atoms with Crippen LogP contribution in [0.3, 0.4) is 0 Å². The van der Waals surface area contributed by atoms with Gasteiger partial charge in [-0.25, -0.2) is 0 Å². The molecule has 0 aromatic heterocycles. The van der Waals surface area contributed by atoms with Crippen molar-refractivity contribution >= 4 is 5.57 Å². The number of rotatable bonds is 7. The van der Waals surface area contributed by atoms with Gasteiger partial charge in [-0.15, -0.1) is 0 Å². The van der Waals surface area contributed by atoms with Gasteiger partial charge in [-0.2, -0.15) is 0 Å². The van der Waals surface area contributed by atoms with Crippen molar-refractivity contribution in [2.24, 2.45) is 0 Å². The maximum Gasteiger partial charge on any atom is 0.119 e. The summed E-state index contributed by atoms with van der Waals surface area (Å²) in [5.74, 6) is 2.23. The van der Waals surface area contributed by atoms with Crippen LogP contribution in [0.15, 0.2) is 72.3 Å². The highest BCUT2D eigenvalue weighted by molar-refractivity contribution is 5.78. The fourth-order valence-corrected chi connectivity index (χ4v) is 4.83. The Morgan fingerprint density at radius 1 is 0.871 bits per heavy atom. The van der Waals surface area contributed by atoms with Crippen LogP contribution < -0.4 is 9.47 Å². The van der Waals surface area contributed by atoms with Crippen molar-refractivity contribution < 1.29 is 9.47 Å². The summed E-state index contributed by atoms with van der Waals surface area (Å²) in [6, 6.07) is 24.0. The van der Waals surface area contributed by atoms with Crippen LogP contribution >= 0.6 is 0 Å². The van der Waals surface area contributed by atoms with Gasteiger partial charge in [0.15, 0.2) is 0 Å². The highest BCUT2D eigenvalue weighted by Crippen LogP contribution is 2.45. The Bertz CT molecular complexity index is 1080. The molecule has 1 aliphatic carbocycles. The molecular formula is C29H32O2. The van der Waals surface area contributed by atoms with Crippen LogP contribution in [0, 0.1) is 6.92 Å². The number of benzene rings is 3. The zero-order chi connectivity index (χ0) is 21.8. The molecule has 0 fully saturated rings. The minimum atomic E-state index is 0.394. The number of aryl methyl sites for hydroxylation is 1. The lowest BCUT2D eigenvalue weighted by molar-refractivity contribution is 0.414. The van der Waals surface area contributed by atoms with E-state index in [-0.39, 0.29) is 0 Å². The average molecular weight is 413 g/mol. The Morgan fingerprint density at radius 3 is 2.26 bits per heavy atom. The average Bonchev–Trinajstić information content (AvgIpc) is 2.81. The summed E-state index contributed by atoms with van der Waals surface area (Å²) >= 11 is 0. The Morgan fingerprint density at radius 2 is 1.58 bits per heavy atom. The lowest BCUT2D eigenvalue weighted by Crippen LogP contribution is -2.17. The summed E-state index contributed by atoms with van der Waals surface area (Å²) in [4.78, 5) is 0. The van der Waals surface area contributed by atoms with E-state index in [2.05, 4.69) is 80.6 Å². The molecule has 2 nitrogen and oxygen atoms in total. The molecule has 0 aliphatic heterocycles. The summed E-state index contributed by atoms with van der Waals surface area (Å²) in [6.07, 6.45) is 4.22. The number of allylic oxidation sites excluding steroid dienone is 2. The van der Waals surface area contributed by atoms with Crippen LogP contribution in [0.5, 0.6) is 11.5 Å². The largest absolute Gasteiger partial charge is 0.497 e. The molecule has 3 aromatic carbocycles. The highest BCUT2D eigenvalue weighted by atomic mass is 16.5. The van der Waals surface area contributed by atoms with Gasteiger partial charge in [0.25, 0.3) is 0 Å². The van der Waals surface area contributed by atoms with E-state index in [1.807, 2.05) is 0 Å². The van der Waals surface area contributed by atoms with E-state index in [0.717, 1.165) is 37.2 Å². The van der Waals surface area contributed by atoms with Gasteiger partial charge in [0.2, 0.25) is 0 Å². The second kappa shape index (κ2) is 9.43. The third-order valence-electron chi connectivity index (χ3n) is 6.54. The number of methoxy groups -OCH3 is 2. The Labute approximate surface area is 186 Å². The van der Waals surface area contributed by atoms with Gasteiger partial charge in [0.1, 0.15) is 11.5 Å². The summed E-state index contributed by atoms with van der Waals surface area (Å²) in [5, 5.41) is 0. The molecule has 0 heterocycles. The Hall–Kier alpha value is -3.00. The van der Waals surface area contributed by atoms with E-state index >= 15 is 0 Å². The SMILES string of the molecule is CCCC1=C(Cc2ccccc2C)c2cc(OC)ccc2CC1c1ccc(OC)cc1. The van der Waals surface area contributed by atoms with Gasteiger partial charge >= 0.3 is 0 Å². The van der Waals surface area contributed by atoms with Crippen LogP contribution in [0.1, 0.15) is 53.5 Å². The first-order valence-electron chi connectivity index (χ1n) is 11.2. The Balaban J connectivity index is 1.88. The minimum absolute atomic E-state index is 0.394. The van der Waals surface area contributed by atoms with Crippen molar-refractivity contribution in [2.75, 3.05) is 14.2 Å². The summed E-state index contributed by atoms with van der Waals surface area (Å²) < 4.78 is 11.0. The molecule has 1 atom stereocenters. The van der Waals surface area contributed by atoms with E-state index in [9.17, 15) is 0 Å². The summed E-state index contributed by atoms with van der Waals surface area (Å²) in [7, 11) is 3.48. The lowest BCUT2D eigenvalue weighted by Gasteiger charge is -2.32. The molecule has 2 heteroatoms. The molecule has 0 amide bonds. The number of hydrogen-bond acceptors (Lipinski definition) is 2. The fraction of sp³-hybridized carbons (Fsp3) is 0.310. The number of hydrogen-bond donors (Lipinski definition) is 0. The van der Waals surface area contributed by atoms with E-state index < -0.39 is 0 Å². The molecule has 0 bridgehead atoms. The fourth-order valence-electron chi connectivity index (χ4n) is 4.83. The quantitative estimate of drug-likeness (QED) is 0.410. The molecule has 0 N–H and O–H groups in total. The van der Waals surface area contributed by atoms with Crippen molar-refractivity contribution in [3.8, 4) is 11.5 Å². The Kier molecular flexibility index (Phi) is 6.46. The molecule has 31 heavy (non-hydrogen) atoms. The van der Waals surface area contributed by atoms with Gasteiger partial charge < -0.3 is 9.47 Å². The zero-order valence-corrected chi connectivity index (χ0v) is 19.1. The van der Waals surface area contributed by atoms with Crippen molar-refractivity contribution in [3.05, 3.63) is 100 Å². The van der Waals surface area contributed by atoms with Gasteiger partial charge in [0.05, 0.1) is 14.2 Å². The number of ether oxygens (including phenoxy) is 2. The number of fused-ring (bicyclic) bond motifs is 1. The monoisotopic (exact) mass is 412 g/mol. The first-order valence-corrected chi connectivity index (χ1v) is 11.2. The molecule has 4 rings (SSSR count). The van der Waals surface area contributed by atoms with E-state index in [1.165, 1.54) is 33.4 Å². The minimum Gasteiger partial charge on any atom is -0.497 e. The predicted octanol–water partition coefficient (Wildman–Crippen LogP) is 7.15. The third-order valence-corrected chi connectivity index (χ3v) is 6.54. The van der Waals surface area contributed by atoms with Crippen molar-refractivity contribution in [1.82, 2.24) is 0 Å². The first-order chi connectivity index (χ1) is 15.1. The molecule has 0 spiro atoms. The second-order valence-electron chi connectivity index (χ2n) is 8.41. The van der Waals surface area contributed by atoms with Crippen molar-refractivity contribution in [1.29, 1.82) is 0 Å². The maximum atomic E-state index is 5.60. The zero-order valence-electron chi connectivity index (χ0n) is 19.1. The normalized spacial score (nSPS) is 15.5. The van der Waals surface area contributed by atoms with Crippen LogP contribution in [0.4, 0.5) is 0 Å². The molecule has 0 saturated heterocycles.